The van der Waals surface area contributed by atoms with Gasteiger partial charge in [0.1, 0.15) is 13.1 Å². The summed E-state index contributed by atoms with van der Waals surface area (Å²) in [5.74, 6) is 1.51. The summed E-state index contributed by atoms with van der Waals surface area (Å²) >= 11 is 10.3. The van der Waals surface area contributed by atoms with E-state index >= 15 is 0 Å². The minimum Gasteiger partial charge on any atom is -0.480 e. The van der Waals surface area contributed by atoms with Gasteiger partial charge in [-0.1, -0.05) is 29.8 Å². The number of aliphatic carboxylic acids is 1. The molecule has 1 N–H and O–H groups in total. The number of thiol groups is 1. The Hall–Kier alpha value is -3.88. The van der Waals surface area contributed by atoms with Gasteiger partial charge in [-0.15, -0.1) is 0 Å². The van der Waals surface area contributed by atoms with Crippen molar-refractivity contribution in [2.24, 2.45) is 7.05 Å². The van der Waals surface area contributed by atoms with Gasteiger partial charge in [0.05, 0.1) is 11.8 Å². The number of allylic oxidation sites excluding steroid dienone is 2. The zero-order chi connectivity index (χ0) is 27.8. The Bertz CT molecular complexity index is 1630. The number of carbonyl (C=O) groups is 1. The first-order chi connectivity index (χ1) is 18.7. The number of fused-ring (bicyclic) bond motifs is 2. The summed E-state index contributed by atoms with van der Waals surface area (Å²) in [7, 11) is 5.68. The summed E-state index contributed by atoms with van der Waals surface area (Å²) in [6.45, 7) is 2.00. The molecular formula is C30H29ClN3O4S+. The minimum atomic E-state index is -0.899. The van der Waals surface area contributed by atoms with Crippen molar-refractivity contribution < 1.29 is 23.6 Å². The van der Waals surface area contributed by atoms with Crippen molar-refractivity contribution in [1.82, 2.24) is 0 Å². The molecule has 0 spiro atoms. The fourth-order valence-corrected chi connectivity index (χ4v) is 5.17. The number of ether oxygens (including phenoxy) is 1. The molecule has 1 atom stereocenters. The van der Waals surface area contributed by atoms with E-state index in [1.165, 1.54) is 0 Å². The number of benzene rings is 3. The fourth-order valence-electron chi connectivity index (χ4n) is 4.60. The fraction of sp³-hybridized carbons (Fsp3) is 0.200. The van der Waals surface area contributed by atoms with Gasteiger partial charge in [0.25, 0.3) is 5.52 Å². The third-order valence-electron chi connectivity index (χ3n) is 6.93. The molecule has 0 saturated heterocycles. The lowest BCUT2D eigenvalue weighted by Crippen LogP contribution is -2.40. The van der Waals surface area contributed by atoms with Crippen molar-refractivity contribution in [3.05, 3.63) is 89.1 Å². The number of hydrogen-bond donors (Lipinski definition) is 2. The van der Waals surface area contributed by atoms with Crippen LogP contribution in [-0.4, -0.2) is 37.0 Å². The van der Waals surface area contributed by atoms with Crippen molar-refractivity contribution in [3.8, 4) is 16.9 Å². The Balaban J connectivity index is 1.39. The van der Waals surface area contributed by atoms with Gasteiger partial charge in [0.2, 0.25) is 11.5 Å². The zero-order valence-corrected chi connectivity index (χ0v) is 23.7. The van der Waals surface area contributed by atoms with Gasteiger partial charge in [0.15, 0.2) is 5.75 Å². The molecule has 0 radical (unpaired) electrons. The van der Waals surface area contributed by atoms with Crippen LogP contribution >= 0.6 is 24.2 Å². The third-order valence-corrected chi connectivity index (χ3v) is 7.51. The lowest BCUT2D eigenvalue weighted by Gasteiger charge is -2.25. The predicted octanol–water partition coefficient (Wildman–Crippen LogP) is 6.17. The summed E-state index contributed by atoms with van der Waals surface area (Å²) in [6, 6.07) is 18.8. The number of aryl methyl sites for hydroxylation is 1. The molecule has 2 heterocycles. The van der Waals surface area contributed by atoms with Crippen LogP contribution in [0.3, 0.4) is 0 Å². The number of carboxylic acid groups (broad SMARTS) is 1. The monoisotopic (exact) mass is 562 g/mol. The molecule has 0 bridgehead atoms. The van der Waals surface area contributed by atoms with Crippen LogP contribution in [0.25, 0.3) is 28.3 Å². The van der Waals surface area contributed by atoms with Crippen LogP contribution in [0.15, 0.2) is 82.6 Å². The molecule has 0 aliphatic carbocycles. The van der Waals surface area contributed by atoms with Crippen molar-refractivity contribution in [2.75, 3.05) is 29.6 Å². The molecular weight excluding hydrogens is 534 g/mol. The van der Waals surface area contributed by atoms with Gasteiger partial charge in [-0.25, -0.2) is 4.79 Å². The first-order valence-corrected chi connectivity index (χ1v) is 13.4. The molecule has 0 amide bonds. The highest BCUT2D eigenvalue weighted by atomic mass is 35.5. The maximum Gasteiger partial charge on any atom is 0.374 e. The Labute approximate surface area is 237 Å². The second kappa shape index (κ2) is 10.7. The normalized spacial score (nSPS) is 15.0. The number of halogens is 1. The number of hydrogen-bond acceptors (Lipinski definition) is 6. The molecule has 200 valence electrons. The van der Waals surface area contributed by atoms with Gasteiger partial charge >= 0.3 is 11.9 Å². The molecule has 0 fully saturated rings. The van der Waals surface area contributed by atoms with Crippen LogP contribution < -0.4 is 19.1 Å². The largest absolute Gasteiger partial charge is 0.480 e. The van der Waals surface area contributed by atoms with Crippen LogP contribution in [0.1, 0.15) is 12.8 Å². The Morgan fingerprint density at radius 2 is 1.87 bits per heavy atom. The van der Waals surface area contributed by atoms with Crippen molar-refractivity contribution in [1.29, 1.82) is 0 Å². The summed E-state index contributed by atoms with van der Waals surface area (Å²) in [6.07, 6.45) is 3.94. The molecule has 5 rings (SSSR count). The van der Waals surface area contributed by atoms with Gasteiger partial charge < -0.3 is 24.1 Å². The minimum absolute atomic E-state index is 0.223. The van der Waals surface area contributed by atoms with E-state index in [1.807, 2.05) is 97.2 Å². The summed E-state index contributed by atoms with van der Waals surface area (Å²) in [5.41, 5.74) is 6.49. The third kappa shape index (κ3) is 5.22. The molecule has 1 aromatic heterocycles. The van der Waals surface area contributed by atoms with Crippen molar-refractivity contribution in [3.63, 3.8) is 0 Å². The maximum atomic E-state index is 11.5. The van der Waals surface area contributed by atoms with E-state index in [4.69, 9.17) is 20.8 Å². The molecule has 1 unspecified atom stereocenters. The van der Waals surface area contributed by atoms with Gasteiger partial charge in [-0.05, 0) is 60.0 Å². The van der Waals surface area contributed by atoms with E-state index in [0.717, 1.165) is 44.9 Å². The highest BCUT2D eigenvalue weighted by molar-refractivity contribution is 7.80. The van der Waals surface area contributed by atoms with E-state index in [-0.39, 0.29) is 5.75 Å². The number of anilines is 2. The highest BCUT2D eigenvalue weighted by Gasteiger charge is 2.24. The standard InChI is InChI=1S/C30H28ClN3O4S/c1-18(14-29-34(4)24-16-21(31)8-12-27(24)38-29)13-28-33(3)23-15-20(7-11-26(23)37-28)19-5-9-22(10-6-19)32(2)25(17-39)30(35)36/h5-16,25H,17H2,1-4H3,(H-,35,36,39)/p+1. The second-order valence-electron chi connectivity index (χ2n) is 9.52. The van der Waals surface area contributed by atoms with Crippen LogP contribution in [0.2, 0.25) is 5.02 Å². The van der Waals surface area contributed by atoms with E-state index in [0.29, 0.717) is 16.8 Å². The lowest BCUT2D eigenvalue weighted by molar-refractivity contribution is -0.652. The Kier molecular flexibility index (Phi) is 7.34. The summed E-state index contributed by atoms with van der Waals surface area (Å²) in [5, 5.41) is 10.1. The van der Waals surface area contributed by atoms with E-state index in [2.05, 4.69) is 18.7 Å². The van der Waals surface area contributed by atoms with Gasteiger partial charge in [-0.3, -0.25) is 0 Å². The molecule has 1 aliphatic heterocycles. The molecule has 9 heteroatoms. The number of nitrogens with zero attached hydrogens (tertiary/aromatic N) is 3. The molecule has 1 aliphatic rings. The number of likely N-dealkylation sites (N-methyl/N-ethyl adjacent to an activating group) is 1. The molecule has 7 nitrogen and oxygen atoms in total. The van der Waals surface area contributed by atoms with Gasteiger partial charge in [-0.2, -0.15) is 17.2 Å². The summed E-state index contributed by atoms with van der Waals surface area (Å²) in [4.78, 5) is 15.2. The quantitative estimate of drug-likeness (QED) is 0.207. The van der Waals surface area contributed by atoms with E-state index in [1.54, 1.807) is 11.9 Å². The Morgan fingerprint density at radius 3 is 2.56 bits per heavy atom. The molecule has 0 saturated carbocycles. The van der Waals surface area contributed by atoms with E-state index in [9.17, 15) is 9.90 Å². The maximum absolute atomic E-state index is 11.5. The predicted molar refractivity (Wildman–Crippen MR) is 159 cm³/mol. The number of rotatable bonds is 7. The first-order valence-electron chi connectivity index (χ1n) is 12.4. The SMILES string of the molecule is CC(/C=C1\Oc2ccc(Cl)cc2N1C)=C\c1oc2ccc(-c3ccc(N(C)C(CS)C(=O)O)cc3)cc2[n+]1C. The highest BCUT2D eigenvalue weighted by Crippen LogP contribution is 2.39. The van der Waals surface area contributed by atoms with Gasteiger partial charge in [0, 0.05) is 42.7 Å². The topological polar surface area (TPSA) is 70.0 Å². The first kappa shape index (κ1) is 26.7. The van der Waals surface area contributed by atoms with Crippen LogP contribution in [0.5, 0.6) is 5.75 Å². The van der Waals surface area contributed by atoms with Crippen molar-refractivity contribution in [2.45, 2.75) is 13.0 Å². The second-order valence-corrected chi connectivity index (χ2v) is 10.3. The van der Waals surface area contributed by atoms with Crippen LogP contribution in [-0.2, 0) is 11.8 Å². The lowest BCUT2D eigenvalue weighted by atomic mass is 10.0. The number of carboxylic acids is 1. The van der Waals surface area contributed by atoms with Crippen LogP contribution in [0, 0.1) is 0 Å². The smallest absolute Gasteiger partial charge is 0.374 e. The summed E-state index contributed by atoms with van der Waals surface area (Å²) < 4.78 is 14.2. The average molecular weight is 563 g/mol. The number of aromatic nitrogens is 1. The Morgan fingerprint density at radius 1 is 1.15 bits per heavy atom. The van der Waals surface area contributed by atoms with Crippen molar-refractivity contribution >= 4 is 58.7 Å². The molecule has 4 aromatic rings. The van der Waals surface area contributed by atoms with Crippen LogP contribution in [0.4, 0.5) is 11.4 Å². The zero-order valence-electron chi connectivity index (χ0n) is 22.1. The molecule has 3 aromatic carbocycles. The van der Waals surface area contributed by atoms with E-state index < -0.39 is 12.0 Å². The number of oxazole rings is 1. The average Bonchev–Trinajstić information content (AvgIpc) is 3.39. The molecule has 39 heavy (non-hydrogen) atoms.